The normalized spacial score (nSPS) is 10.2. The molecule has 0 aliphatic heterocycles. The van der Waals surface area contributed by atoms with Crippen LogP contribution >= 0.6 is 11.3 Å². The Kier molecular flexibility index (Phi) is 2.45. The van der Waals surface area contributed by atoms with Crippen LogP contribution < -0.4 is 11.3 Å². The number of nitrogens with two attached hydrogens (primary N) is 1. The van der Waals surface area contributed by atoms with Gasteiger partial charge >= 0.3 is 5.97 Å². The van der Waals surface area contributed by atoms with Crippen molar-refractivity contribution in [3.8, 4) is 10.6 Å². The van der Waals surface area contributed by atoms with Crippen molar-refractivity contribution in [1.82, 2.24) is 10.2 Å². The molecule has 16 heavy (non-hydrogen) atoms. The minimum atomic E-state index is -1.26. The third kappa shape index (κ3) is 1.57. The second kappa shape index (κ2) is 3.78. The van der Waals surface area contributed by atoms with Crippen molar-refractivity contribution in [3.63, 3.8) is 0 Å². The standard InChI is InChI=1S/C9H7N3O3S/c10-6-5(9(14)15)7(11-12-8(6)13)4-2-1-3-16-4/h1-3H,(H2,10,11)(H,12,13)(H,14,15). The molecule has 0 radical (unpaired) electrons. The van der Waals surface area contributed by atoms with E-state index in [0.29, 0.717) is 4.88 Å². The Bertz CT molecular complexity index is 589. The molecule has 2 rings (SSSR count). The summed E-state index contributed by atoms with van der Waals surface area (Å²) in [5, 5.41) is 16.7. The SMILES string of the molecule is Nc1c(C(=O)O)c(-c2cccs2)n[nH]c1=O. The predicted octanol–water partition coefficient (Wildman–Crippen LogP) is 0.779. The van der Waals surface area contributed by atoms with Crippen LogP contribution in [-0.2, 0) is 0 Å². The smallest absolute Gasteiger partial charge is 0.340 e. The van der Waals surface area contributed by atoms with Gasteiger partial charge in [-0.3, -0.25) is 4.79 Å². The monoisotopic (exact) mass is 237 g/mol. The quantitative estimate of drug-likeness (QED) is 0.715. The lowest BCUT2D eigenvalue weighted by atomic mass is 10.1. The van der Waals surface area contributed by atoms with Crippen LogP contribution in [0.5, 0.6) is 0 Å². The van der Waals surface area contributed by atoms with Crippen LogP contribution in [0, 0.1) is 0 Å². The van der Waals surface area contributed by atoms with Crippen molar-refractivity contribution in [3.05, 3.63) is 33.4 Å². The maximum absolute atomic E-state index is 11.2. The van der Waals surface area contributed by atoms with Crippen molar-refractivity contribution >= 4 is 23.0 Å². The Balaban J connectivity index is 2.76. The van der Waals surface area contributed by atoms with Crippen LogP contribution in [0.25, 0.3) is 10.6 Å². The lowest BCUT2D eigenvalue weighted by Gasteiger charge is -2.04. The van der Waals surface area contributed by atoms with Crippen molar-refractivity contribution in [2.75, 3.05) is 5.73 Å². The van der Waals surface area contributed by atoms with E-state index in [1.54, 1.807) is 17.5 Å². The predicted molar refractivity (Wildman–Crippen MR) is 59.5 cm³/mol. The highest BCUT2D eigenvalue weighted by molar-refractivity contribution is 7.13. The molecule has 0 saturated carbocycles. The number of aromatic carboxylic acids is 1. The first-order chi connectivity index (χ1) is 7.61. The lowest BCUT2D eigenvalue weighted by Crippen LogP contribution is -2.20. The molecule has 0 aromatic carbocycles. The number of aromatic nitrogens is 2. The van der Waals surface area contributed by atoms with E-state index in [9.17, 15) is 9.59 Å². The van der Waals surface area contributed by atoms with Gasteiger partial charge in [0, 0.05) is 0 Å². The number of nitrogen functional groups attached to an aromatic ring is 1. The number of thiophene rings is 1. The first-order valence-electron chi connectivity index (χ1n) is 4.26. The number of carboxylic acid groups (broad SMARTS) is 1. The highest BCUT2D eigenvalue weighted by Gasteiger charge is 2.20. The zero-order chi connectivity index (χ0) is 11.7. The maximum atomic E-state index is 11.2. The summed E-state index contributed by atoms with van der Waals surface area (Å²) in [4.78, 5) is 22.8. The summed E-state index contributed by atoms with van der Waals surface area (Å²) in [5.74, 6) is -1.26. The van der Waals surface area contributed by atoms with E-state index in [4.69, 9.17) is 10.8 Å². The molecule has 0 spiro atoms. The summed E-state index contributed by atoms with van der Waals surface area (Å²) >= 11 is 1.32. The number of hydrogen-bond acceptors (Lipinski definition) is 5. The van der Waals surface area contributed by atoms with Crippen molar-refractivity contribution in [2.45, 2.75) is 0 Å². The Hall–Kier alpha value is -2.15. The number of carbonyl (C=O) groups is 1. The number of carboxylic acids is 1. The fourth-order valence-corrected chi connectivity index (χ4v) is 1.99. The number of H-pyrrole nitrogens is 1. The Labute approximate surface area is 93.4 Å². The second-order valence-electron chi connectivity index (χ2n) is 2.97. The fourth-order valence-electron chi connectivity index (χ4n) is 1.27. The van der Waals surface area contributed by atoms with E-state index in [-0.39, 0.29) is 16.9 Å². The van der Waals surface area contributed by atoms with E-state index in [1.807, 2.05) is 0 Å². The Morgan fingerprint density at radius 1 is 1.56 bits per heavy atom. The third-order valence-corrected chi connectivity index (χ3v) is 2.87. The molecule has 0 aliphatic carbocycles. The molecule has 0 fully saturated rings. The number of nitrogens with zero attached hydrogens (tertiary/aromatic N) is 1. The molecule has 4 N–H and O–H groups in total. The van der Waals surface area contributed by atoms with Crippen molar-refractivity contribution in [2.24, 2.45) is 0 Å². The number of rotatable bonds is 2. The molecule has 0 unspecified atom stereocenters. The van der Waals surface area contributed by atoms with Gasteiger partial charge in [0.05, 0.1) is 4.88 Å². The fraction of sp³-hybridized carbons (Fsp3) is 0. The Morgan fingerprint density at radius 3 is 2.88 bits per heavy atom. The molecular weight excluding hydrogens is 230 g/mol. The number of aromatic amines is 1. The van der Waals surface area contributed by atoms with Crippen LogP contribution in [0.1, 0.15) is 10.4 Å². The molecular formula is C9H7N3O3S. The highest BCUT2D eigenvalue weighted by Crippen LogP contribution is 2.26. The largest absolute Gasteiger partial charge is 0.478 e. The molecule has 0 saturated heterocycles. The average Bonchev–Trinajstić information content (AvgIpc) is 2.74. The first kappa shape index (κ1) is 10.4. The summed E-state index contributed by atoms with van der Waals surface area (Å²) in [6, 6.07) is 3.46. The van der Waals surface area contributed by atoms with Gasteiger partial charge in [0.15, 0.2) is 0 Å². The van der Waals surface area contributed by atoms with Crippen LogP contribution in [0.4, 0.5) is 5.69 Å². The van der Waals surface area contributed by atoms with Crippen molar-refractivity contribution in [1.29, 1.82) is 0 Å². The van der Waals surface area contributed by atoms with Crippen LogP contribution in [0.3, 0.4) is 0 Å². The lowest BCUT2D eigenvalue weighted by molar-refractivity contribution is 0.0698. The van der Waals surface area contributed by atoms with Crippen LogP contribution in [-0.4, -0.2) is 21.3 Å². The van der Waals surface area contributed by atoms with Gasteiger partial charge in [0.1, 0.15) is 16.9 Å². The summed E-state index contributed by atoms with van der Waals surface area (Å²) in [5.41, 5.74) is 4.33. The van der Waals surface area contributed by atoms with Gasteiger partial charge in [-0.25, -0.2) is 9.89 Å². The van der Waals surface area contributed by atoms with Crippen molar-refractivity contribution < 1.29 is 9.90 Å². The molecule has 0 atom stereocenters. The van der Waals surface area contributed by atoms with Crippen LogP contribution in [0.2, 0.25) is 0 Å². The third-order valence-electron chi connectivity index (χ3n) is 1.99. The second-order valence-corrected chi connectivity index (χ2v) is 3.92. The van der Waals surface area contributed by atoms with Gasteiger partial charge in [-0.1, -0.05) is 6.07 Å². The zero-order valence-corrected chi connectivity index (χ0v) is 8.75. The average molecular weight is 237 g/mol. The van der Waals surface area contributed by atoms with Gasteiger partial charge in [0.2, 0.25) is 0 Å². The summed E-state index contributed by atoms with van der Waals surface area (Å²) in [6.07, 6.45) is 0. The molecule has 0 amide bonds. The molecule has 6 nitrogen and oxygen atoms in total. The van der Waals surface area contributed by atoms with Crippen LogP contribution in [0.15, 0.2) is 22.3 Å². The number of nitrogens with one attached hydrogen (secondary N) is 1. The van der Waals surface area contributed by atoms with E-state index >= 15 is 0 Å². The van der Waals surface area contributed by atoms with Gasteiger partial charge in [-0.2, -0.15) is 5.10 Å². The minimum absolute atomic E-state index is 0.180. The maximum Gasteiger partial charge on any atom is 0.340 e. The number of hydrogen-bond donors (Lipinski definition) is 3. The summed E-state index contributed by atoms with van der Waals surface area (Å²) in [7, 11) is 0. The summed E-state index contributed by atoms with van der Waals surface area (Å²) < 4.78 is 0. The topological polar surface area (TPSA) is 109 Å². The first-order valence-corrected chi connectivity index (χ1v) is 5.14. The van der Waals surface area contributed by atoms with Gasteiger partial charge in [-0.05, 0) is 11.4 Å². The van der Waals surface area contributed by atoms with E-state index in [0.717, 1.165) is 0 Å². The van der Waals surface area contributed by atoms with Gasteiger partial charge in [0.25, 0.3) is 5.56 Å². The Morgan fingerprint density at radius 2 is 2.31 bits per heavy atom. The number of anilines is 1. The van der Waals surface area contributed by atoms with E-state index in [1.165, 1.54) is 11.3 Å². The zero-order valence-electron chi connectivity index (χ0n) is 7.93. The van der Waals surface area contributed by atoms with E-state index < -0.39 is 11.5 Å². The molecule has 2 aromatic rings. The van der Waals surface area contributed by atoms with E-state index in [2.05, 4.69) is 10.2 Å². The summed E-state index contributed by atoms with van der Waals surface area (Å²) in [6.45, 7) is 0. The van der Waals surface area contributed by atoms with Gasteiger partial charge < -0.3 is 10.8 Å². The molecule has 82 valence electrons. The molecule has 7 heteroatoms. The molecule has 2 heterocycles. The molecule has 2 aromatic heterocycles. The van der Waals surface area contributed by atoms with Gasteiger partial charge in [-0.15, -0.1) is 11.3 Å². The molecule has 0 bridgehead atoms. The molecule has 0 aliphatic rings. The highest BCUT2D eigenvalue weighted by atomic mass is 32.1. The minimum Gasteiger partial charge on any atom is -0.478 e.